The summed E-state index contributed by atoms with van der Waals surface area (Å²) in [6.07, 6.45) is 1.71. The van der Waals surface area contributed by atoms with Crippen LogP contribution in [0.3, 0.4) is 0 Å². The van der Waals surface area contributed by atoms with Crippen molar-refractivity contribution < 1.29 is 14.3 Å². The second kappa shape index (κ2) is 7.02. The van der Waals surface area contributed by atoms with Crippen molar-refractivity contribution in [1.82, 2.24) is 19.6 Å². The number of piperazine rings is 1. The molecule has 1 aliphatic heterocycles. The monoisotopic (exact) mass is 344 g/mol. The normalized spacial score (nSPS) is 18.2. The topological polar surface area (TPSA) is 93.0 Å². The van der Waals surface area contributed by atoms with Gasteiger partial charge in [-0.25, -0.2) is 4.98 Å². The number of hydrogen-bond donors (Lipinski definition) is 1. The fourth-order valence-electron chi connectivity index (χ4n) is 2.96. The summed E-state index contributed by atoms with van der Waals surface area (Å²) in [5.74, 6) is -0.668. The van der Waals surface area contributed by atoms with Gasteiger partial charge < -0.3 is 10.1 Å². The highest BCUT2D eigenvalue weighted by molar-refractivity contribution is 5.87. The minimum Gasteiger partial charge on any atom is -0.469 e. The van der Waals surface area contributed by atoms with Crippen LogP contribution in [-0.2, 0) is 20.9 Å². The zero-order valence-electron chi connectivity index (χ0n) is 14.2. The van der Waals surface area contributed by atoms with E-state index in [4.69, 9.17) is 0 Å². The number of fused-ring (bicyclic) bond motifs is 1. The average Bonchev–Trinajstić information content (AvgIpc) is 2.58. The summed E-state index contributed by atoms with van der Waals surface area (Å²) in [4.78, 5) is 42.4. The van der Waals surface area contributed by atoms with Crippen LogP contribution in [0.4, 0.5) is 0 Å². The zero-order chi connectivity index (χ0) is 18.0. The third kappa shape index (κ3) is 3.69. The van der Waals surface area contributed by atoms with Crippen LogP contribution in [0.5, 0.6) is 0 Å². The predicted molar refractivity (Wildman–Crippen MR) is 90.0 cm³/mol. The summed E-state index contributed by atoms with van der Waals surface area (Å²) >= 11 is 0. The van der Waals surface area contributed by atoms with Crippen LogP contribution >= 0.6 is 0 Å². The SMILES string of the molecule is COC(=O)C[C@@H]1C(=O)NCCN1Cc1cc(=O)n2cc(C)ccc2n1. The van der Waals surface area contributed by atoms with Gasteiger partial charge in [-0.15, -0.1) is 0 Å². The fourth-order valence-corrected chi connectivity index (χ4v) is 2.96. The predicted octanol–water partition coefficient (Wildman–Crippen LogP) is -0.134. The van der Waals surface area contributed by atoms with Gasteiger partial charge in [0, 0.05) is 31.9 Å². The number of nitrogens with zero attached hydrogens (tertiary/aromatic N) is 3. The Morgan fingerprint density at radius 1 is 1.40 bits per heavy atom. The zero-order valence-corrected chi connectivity index (χ0v) is 14.2. The van der Waals surface area contributed by atoms with Crippen molar-refractivity contribution in [2.24, 2.45) is 0 Å². The second-order valence-corrected chi connectivity index (χ2v) is 6.08. The van der Waals surface area contributed by atoms with Gasteiger partial charge in [0.1, 0.15) is 11.7 Å². The van der Waals surface area contributed by atoms with Gasteiger partial charge in [-0.1, -0.05) is 6.07 Å². The van der Waals surface area contributed by atoms with Gasteiger partial charge in [-0.3, -0.25) is 23.7 Å². The molecule has 2 aromatic heterocycles. The van der Waals surface area contributed by atoms with Crippen LogP contribution in [-0.4, -0.2) is 52.4 Å². The Balaban J connectivity index is 1.87. The minimum atomic E-state index is -0.625. The molecule has 1 saturated heterocycles. The van der Waals surface area contributed by atoms with Gasteiger partial charge in [0.2, 0.25) is 5.91 Å². The summed E-state index contributed by atoms with van der Waals surface area (Å²) in [6, 6.07) is 4.52. The van der Waals surface area contributed by atoms with Gasteiger partial charge in [0.05, 0.1) is 19.2 Å². The summed E-state index contributed by atoms with van der Waals surface area (Å²) in [5, 5.41) is 2.75. The molecule has 2 aromatic rings. The molecule has 0 bridgehead atoms. The molecule has 0 radical (unpaired) electrons. The smallest absolute Gasteiger partial charge is 0.307 e. The molecule has 8 heteroatoms. The fraction of sp³-hybridized carbons (Fsp3) is 0.412. The highest BCUT2D eigenvalue weighted by atomic mass is 16.5. The number of methoxy groups -OCH3 is 1. The molecule has 8 nitrogen and oxygen atoms in total. The molecule has 25 heavy (non-hydrogen) atoms. The average molecular weight is 344 g/mol. The van der Waals surface area contributed by atoms with E-state index >= 15 is 0 Å². The first-order chi connectivity index (χ1) is 12.0. The van der Waals surface area contributed by atoms with Crippen LogP contribution in [0.2, 0.25) is 0 Å². The van der Waals surface area contributed by atoms with Gasteiger partial charge in [-0.2, -0.15) is 0 Å². The van der Waals surface area contributed by atoms with E-state index in [9.17, 15) is 14.4 Å². The van der Waals surface area contributed by atoms with Crippen LogP contribution in [0.15, 0.2) is 29.2 Å². The Morgan fingerprint density at radius 3 is 2.96 bits per heavy atom. The minimum absolute atomic E-state index is 0.0336. The number of pyridine rings is 1. The molecule has 3 heterocycles. The molecule has 0 aliphatic carbocycles. The molecular weight excluding hydrogens is 324 g/mol. The molecule has 0 aromatic carbocycles. The maximum absolute atomic E-state index is 12.3. The molecule has 0 saturated carbocycles. The molecular formula is C17H20N4O4. The second-order valence-electron chi connectivity index (χ2n) is 6.08. The Kier molecular flexibility index (Phi) is 4.80. The van der Waals surface area contributed by atoms with Crippen LogP contribution in [0.25, 0.3) is 5.65 Å². The van der Waals surface area contributed by atoms with Crippen molar-refractivity contribution >= 4 is 17.5 Å². The summed E-state index contributed by atoms with van der Waals surface area (Å²) in [7, 11) is 1.29. The Labute approximate surface area is 144 Å². The molecule has 1 fully saturated rings. The number of aryl methyl sites for hydroxylation is 1. The third-order valence-electron chi connectivity index (χ3n) is 4.25. The van der Waals surface area contributed by atoms with Crippen molar-refractivity contribution in [3.63, 3.8) is 0 Å². The van der Waals surface area contributed by atoms with Crippen LogP contribution < -0.4 is 10.9 Å². The van der Waals surface area contributed by atoms with E-state index in [0.717, 1.165) is 5.56 Å². The van der Waals surface area contributed by atoms with E-state index in [1.54, 1.807) is 12.3 Å². The number of carbonyl (C=O) groups is 2. The van der Waals surface area contributed by atoms with E-state index in [0.29, 0.717) is 31.0 Å². The van der Waals surface area contributed by atoms with Gasteiger partial charge >= 0.3 is 5.97 Å². The number of hydrogen-bond acceptors (Lipinski definition) is 6. The first-order valence-corrected chi connectivity index (χ1v) is 8.05. The molecule has 0 unspecified atom stereocenters. The molecule has 3 rings (SSSR count). The summed E-state index contributed by atoms with van der Waals surface area (Å²) in [5.41, 5.74) is 1.92. The van der Waals surface area contributed by atoms with Crippen LogP contribution in [0, 0.1) is 6.92 Å². The molecule has 1 aliphatic rings. The molecule has 1 N–H and O–H groups in total. The number of rotatable bonds is 4. The van der Waals surface area contributed by atoms with E-state index in [2.05, 4.69) is 15.0 Å². The van der Waals surface area contributed by atoms with E-state index in [1.165, 1.54) is 17.6 Å². The van der Waals surface area contributed by atoms with Gasteiger partial charge in [0.25, 0.3) is 5.56 Å². The van der Waals surface area contributed by atoms with E-state index in [-0.39, 0.29) is 17.9 Å². The first-order valence-electron chi connectivity index (χ1n) is 8.05. The lowest BCUT2D eigenvalue weighted by atomic mass is 10.1. The molecule has 1 atom stereocenters. The Hall–Kier alpha value is -2.74. The number of amides is 1. The van der Waals surface area contributed by atoms with Crippen molar-refractivity contribution in [1.29, 1.82) is 0 Å². The Morgan fingerprint density at radius 2 is 2.20 bits per heavy atom. The van der Waals surface area contributed by atoms with Crippen molar-refractivity contribution in [2.45, 2.75) is 25.9 Å². The van der Waals surface area contributed by atoms with E-state index < -0.39 is 12.0 Å². The molecule has 1 amide bonds. The lowest BCUT2D eigenvalue weighted by molar-refractivity contribution is -0.146. The number of ether oxygens (including phenoxy) is 1. The maximum atomic E-state index is 12.3. The van der Waals surface area contributed by atoms with E-state index in [1.807, 2.05) is 17.9 Å². The largest absolute Gasteiger partial charge is 0.469 e. The number of carbonyl (C=O) groups excluding carboxylic acids is 2. The quantitative estimate of drug-likeness (QED) is 0.777. The first kappa shape index (κ1) is 17.1. The van der Waals surface area contributed by atoms with Gasteiger partial charge in [0.15, 0.2) is 0 Å². The highest BCUT2D eigenvalue weighted by Crippen LogP contribution is 2.13. The Bertz CT molecular complexity index is 877. The van der Waals surface area contributed by atoms with Crippen molar-refractivity contribution in [2.75, 3.05) is 20.2 Å². The highest BCUT2D eigenvalue weighted by Gasteiger charge is 2.32. The van der Waals surface area contributed by atoms with Crippen molar-refractivity contribution in [3.05, 3.63) is 46.0 Å². The lowest BCUT2D eigenvalue weighted by Gasteiger charge is -2.34. The standard InChI is InChI=1S/C17H20N4O4/c1-11-3-4-14-19-12(7-15(22)21(14)9-11)10-20-6-5-18-17(24)13(20)8-16(23)25-2/h3-4,7,9,13H,5-6,8,10H2,1-2H3,(H,18,24)/t13-/m1/s1. The third-order valence-corrected chi connectivity index (χ3v) is 4.25. The lowest BCUT2D eigenvalue weighted by Crippen LogP contribution is -2.55. The van der Waals surface area contributed by atoms with Crippen molar-refractivity contribution in [3.8, 4) is 0 Å². The summed E-state index contributed by atoms with van der Waals surface area (Å²) < 4.78 is 6.17. The number of esters is 1. The summed E-state index contributed by atoms with van der Waals surface area (Å²) in [6.45, 7) is 3.28. The molecule has 0 spiro atoms. The van der Waals surface area contributed by atoms with Gasteiger partial charge in [-0.05, 0) is 18.6 Å². The number of nitrogens with one attached hydrogen (secondary N) is 1. The maximum Gasteiger partial charge on any atom is 0.307 e. The van der Waals surface area contributed by atoms with Crippen LogP contribution in [0.1, 0.15) is 17.7 Å². The molecule has 132 valence electrons. The number of aromatic nitrogens is 2.